The lowest BCUT2D eigenvalue weighted by Crippen LogP contribution is -2.21. The first-order valence-electron chi connectivity index (χ1n) is 9.31. The normalized spacial score (nSPS) is 11.2. The molecule has 0 saturated heterocycles. The number of halogens is 1. The van der Waals surface area contributed by atoms with Gasteiger partial charge in [-0.3, -0.25) is 4.98 Å². The Morgan fingerprint density at radius 3 is 2.83 bits per heavy atom. The lowest BCUT2D eigenvalue weighted by Gasteiger charge is -2.05. The van der Waals surface area contributed by atoms with Crippen molar-refractivity contribution in [3.8, 4) is 0 Å². The van der Waals surface area contributed by atoms with E-state index in [1.807, 2.05) is 24.0 Å². The van der Waals surface area contributed by atoms with Crippen molar-refractivity contribution in [3.63, 3.8) is 0 Å². The Hall–Kier alpha value is -2.98. The molecule has 150 valence electrons. The molecular formula is C19H21FN8S. The Bertz CT molecular complexity index is 1090. The zero-order valence-corrected chi connectivity index (χ0v) is 16.8. The van der Waals surface area contributed by atoms with Gasteiger partial charge in [0, 0.05) is 51.6 Å². The third kappa shape index (κ3) is 4.72. The van der Waals surface area contributed by atoms with Crippen molar-refractivity contribution in [1.29, 1.82) is 0 Å². The molecular weight excluding hydrogens is 391 g/mol. The van der Waals surface area contributed by atoms with Gasteiger partial charge in [-0.05, 0) is 12.1 Å². The van der Waals surface area contributed by atoms with Gasteiger partial charge in [-0.2, -0.15) is 0 Å². The maximum atomic E-state index is 13.8. The summed E-state index contributed by atoms with van der Waals surface area (Å²) in [4.78, 5) is 22.4. The monoisotopic (exact) mass is 412 g/mol. The third-order valence-electron chi connectivity index (χ3n) is 4.46. The largest absolute Gasteiger partial charge is 0.362 e. The van der Waals surface area contributed by atoms with Crippen LogP contribution in [0.4, 0.5) is 10.2 Å². The first-order chi connectivity index (χ1) is 14.2. The highest BCUT2D eigenvalue weighted by Crippen LogP contribution is 2.25. The van der Waals surface area contributed by atoms with Crippen molar-refractivity contribution in [2.24, 2.45) is 7.05 Å². The number of fused-ring (bicyclic) bond motifs is 1. The number of nitrogens with one attached hydrogen (secondary N) is 2. The molecule has 29 heavy (non-hydrogen) atoms. The van der Waals surface area contributed by atoms with Gasteiger partial charge in [0.15, 0.2) is 5.82 Å². The van der Waals surface area contributed by atoms with E-state index in [1.54, 1.807) is 23.6 Å². The summed E-state index contributed by atoms with van der Waals surface area (Å²) in [5.41, 5.74) is 1.04. The van der Waals surface area contributed by atoms with Gasteiger partial charge in [0.25, 0.3) is 0 Å². The number of pyridine rings is 1. The number of imidazole rings is 1. The molecule has 0 aliphatic heterocycles. The number of rotatable bonds is 9. The number of thiazole rings is 1. The first kappa shape index (κ1) is 19.3. The van der Waals surface area contributed by atoms with E-state index in [2.05, 4.69) is 35.6 Å². The summed E-state index contributed by atoms with van der Waals surface area (Å²) >= 11 is 1.55. The Kier molecular flexibility index (Phi) is 6.01. The zero-order chi connectivity index (χ0) is 20.1. The second kappa shape index (κ2) is 9.01. The molecule has 4 aromatic rings. The van der Waals surface area contributed by atoms with E-state index in [1.165, 1.54) is 12.4 Å². The highest BCUT2D eigenvalue weighted by Gasteiger charge is 2.11. The summed E-state index contributed by atoms with van der Waals surface area (Å²) in [5.74, 6) is 1.30. The van der Waals surface area contributed by atoms with Gasteiger partial charge in [0.1, 0.15) is 28.3 Å². The smallest absolute Gasteiger partial charge is 0.157 e. The van der Waals surface area contributed by atoms with Crippen LogP contribution in [0.25, 0.3) is 10.3 Å². The van der Waals surface area contributed by atoms with E-state index in [0.717, 1.165) is 41.6 Å². The minimum Gasteiger partial charge on any atom is -0.362 e. The van der Waals surface area contributed by atoms with Crippen LogP contribution >= 0.6 is 11.3 Å². The molecule has 0 atom stereocenters. The predicted octanol–water partition coefficient (Wildman–Crippen LogP) is 2.34. The molecule has 0 amide bonds. The molecule has 0 radical (unpaired) electrons. The summed E-state index contributed by atoms with van der Waals surface area (Å²) < 4.78 is 15.8. The summed E-state index contributed by atoms with van der Waals surface area (Å²) in [6.07, 6.45) is 8.50. The van der Waals surface area contributed by atoms with Crippen LogP contribution in [0.5, 0.6) is 0 Å². The van der Waals surface area contributed by atoms with Crippen LogP contribution in [0.15, 0.2) is 37.1 Å². The van der Waals surface area contributed by atoms with Crippen molar-refractivity contribution in [1.82, 2.24) is 34.8 Å². The fourth-order valence-corrected chi connectivity index (χ4v) is 3.81. The highest BCUT2D eigenvalue weighted by atomic mass is 32.1. The molecule has 10 heteroatoms. The van der Waals surface area contributed by atoms with Crippen molar-refractivity contribution in [2.45, 2.75) is 19.4 Å². The van der Waals surface area contributed by atoms with E-state index >= 15 is 0 Å². The Balaban J connectivity index is 1.33. The number of aromatic nitrogens is 6. The van der Waals surface area contributed by atoms with Gasteiger partial charge >= 0.3 is 0 Å². The van der Waals surface area contributed by atoms with Crippen LogP contribution in [0.2, 0.25) is 0 Å². The van der Waals surface area contributed by atoms with Crippen LogP contribution in [-0.2, 0) is 26.4 Å². The second-order valence-corrected chi connectivity index (χ2v) is 7.54. The van der Waals surface area contributed by atoms with Crippen molar-refractivity contribution in [3.05, 3.63) is 59.4 Å². The highest BCUT2D eigenvalue weighted by molar-refractivity contribution is 7.18. The molecule has 0 spiro atoms. The summed E-state index contributed by atoms with van der Waals surface area (Å²) in [7, 11) is 2.00. The molecule has 0 bridgehead atoms. The molecule has 0 fully saturated rings. The topological polar surface area (TPSA) is 93.4 Å². The van der Waals surface area contributed by atoms with E-state index in [4.69, 9.17) is 0 Å². The fourth-order valence-electron chi connectivity index (χ4n) is 2.91. The molecule has 4 aromatic heterocycles. The quantitative estimate of drug-likeness (QED) is 0.408. The molecule has 0 aliphatic rings. The van der Waals surface area contributed by atoms with Gasteiger partial charge in [-0.25, -0.2) is 24.3 Å². The average Bonchev–Trinajstić information content (AvgIpc) is 3.33. The SMILES string of the molecule is Cn1ccnc1CCNCCc1nc2c(NCc3ncccc3F)ncnc2s1. The van der Waals surface area contributed by atoms with Gasteiger partial charge in [0.2, 0.25) is 0 Å². The number of aryl methyl sites for hydroxylation is 1. The van der Waals surface area contributed by atoms with E-state index in [-0.39, 0.29) is 12.4 Å². The molecule has 8 nitrogen and oxygen atoms in total. The minimum absolute atomic E-state index is 0.237. The molecule has 0 saturated carbocycles. The van der Waals surface area contributed by atoms with E-state index in [0.29, 0.717) is 17.0 Å². The minimum atomic E-state index is -0.346. The second-order valence-electron chi connectivity index (χ2n) is 6.47. The number of anilines is 1. The number of nitrogens with zero attached hydrogens (tertiary/aromatic N) is 6. The van der Waals surface area contributed by atoms with Crippen molar-refractivity contribution in [2.75, 3.05) is 18.4 Å². The standard InChI is InChI=1S/C19H21FN8S/c1-28-10-9-23-15(28)4-7-21-8-5-16-27-17-18(25-12-26-19(17)29-16)24-11-14-13(20)3-2-6-22-14/h2-3,6,9-10,12,21H,4-5,7-8,11H2,1H3,(H,24,25,26). The Labute approximate surface area is 171 Å². The average molecular weight is 412 g/mol. The van der Waals surface area contributed by atoms with Crippen LogP contribution < -0.4 is 10.6 Å². The fraction of sp³-hybridized carbons (Fsp3) is 0.316. The maximum absolute atomic E-state index is 13.8. The molecule has 4 heterocycles. The number of hydrogen-bond acceptors (Lipinski definition) is 8. The predicted molar refractivity (Wildman–Crippen MR) is 110 cm³/mol. The molecule has 2 N–H and O–H groups in total. The van der Waals surface area contributed by atoms with E-state index in [9.17, 15) is 4.39 Å². The van der Waals surface area contributed by atoms with Gasteiger partial charge in [-0.15, -0.1) is 0 Å². The Morgan fingerprint density at radius 2 is 2.00 bits per heavy atom. The zero-order valence-electron chi connectivity index (χ0n) is 16.0. The van der Waals surface area contributed by atoms with E-state index < -0.39 is 0 Å². The van der Waals surface area contributed by atoms with Crippen molar-refractivity contribution >= 4 is 27.5 Å². The summed E-state index contributed by atoms with van der Waals surface area (Å²) in [6.45, 7) is 1.91. The van der Waals surface area contributed by atoms with Crippen LogP contribution in [-0.4, -0.2) is 42.6 Å². The first-order valence-corrected chi connectivity index (χ1v) is 10.1. The lowest BCUT2D eigenvalue weighted by atomic mass is 10.3. The molecule has 0 unspecified atom stereocenters. The van der Waals surface area contributed by atoms with Crippen LogP contribution in [0.1, 0.15) is 16.5 Å². The molecule has 0 aliphatic carbocycles. The van der Waals surface area contributed by atoms with Gasteiger partial charge in [-0.1, -0.05) is 11.3 Å². The van der Waals surface area contributed by atoms with Crippen LogP contribution in [0.3, 0.4) is 0 Å². The maximum Gasteiger partial charge on any atom is 0.157 e. The Morgan fingerprint density at radius 1 is 1.10 bits per heavy atom. The molecule has 0 aromatic carbocycles. The van der Waals surface area contributed by atoms with Gasteiger partial charge in [0.05, 0.1) is 17.2 Å². The third-order valence-corrected chi connectivity index (χ3v) is 5.48. The summed E-state index contributed by atoms with van der Waals surface area (Å²) in [5, 5.41) is 7.53. The lowest BCUT2D eigenvalue weighted by molar-refractivity contribution is 0.602. The summed E-state index contributed by atoms with van der Waals surface area (Å²) in [6, 6.07) is 2.96. The van der Waals surface area contributed by atoms with Crippen LogP contribution in [0, 0.1) is 5.82 Å². The number of hydrogen-bond donors (Lipinski definition) is 2. The van der Waals surface area contributed by atoms with Crippen molar-refractivity contribution < 1.29 is 4.39 Å². The molecule has 4 rings (SSSR count). The van der Waals surface area contributed by atoms with Gasteiger partial charge < -0.3 is 15.2 Å².